The number of nitrogen functional groups attached to an aromatic ring is 1. The van der Waals surface area contributed by atoms with E-state index in [1.807, 2.05) is 0 Å². The van der Waals surface area contributed by atoms with Gasteiger partial charge in [0.2, 0.25) is 17.2 Å². The Morgan fingerprint density at radius 1 is 0.857 bits per heavy atom. The van der Waals surface area contributed by atoms with Gasteiger partial charge in [-0.2, -0.15) is 15.0 Å². The minimum Gasteiger partial charge on any atom is -0.368 e. The molecule has 0 radical (unpaired) electrons. The van der Waals surface area contributed by atoms with Crippen molar-refractivity contribution in [2.45, 2.75) is 65.2 Å². The first kappa shape index (κ1) is 18.0. The normalized spacial score (nSPS) is 10.8. The predicted octanol–water partition coefficient (Wildman–Crippen LogP) is 4.07. The molecule has 0 aliphatic heterocycles. The van der Waals surface area contributed by atoms with Crippen LogP contribution in [0.4, 0.5) is 11.9 Å². The Hall–Kier alpha value is -1.10. The highest BCUT2D eigenvalue weighted by molar-refractivity contribution is 6.28. The highest BCUT2D eigenvalue weighted by atomic mass is 35.5. The highest BCUT2D eigenvalue weighted by Crippen LogP contribution is 2.15. The van der Waals surface area contributed by atoms with Crippen LogP contribution in [0.5, 0.6) is 0 Å². The third kappa shape index (κ3) is 7.46. The zero-order valence-electron chi connectivity index (χ0n) is 13.3. The molecule has 1 aromatic heterocycles. The van der Waals surface area contributed by atoms with Crippen molar-refractivity contribution in [3.63, 3.8) is 0 Å². The summed E-state index contributed by atoms with van der Waals surface area (Å²) in [7, 11) is 0. The summed E-state index contributed by atoms with van der Waals surface area (Å²) in [6, 6.07) is 0. The van der Waals surface area contributed by atoms with E-state index < -0.39 is 0 Å². The number of unbranched alkanes of at least 4 members (excludes halogenated alkanes) is 6. The Balaban J connectivity index is 2.60. The van der Waals surface area contributed by atoms with Gasteiger partial charge in [-0.05, 0) is 24.4 Å². The molecule has 120 valence electrons. The van der Waals surface area contributed by atoms with Crippen LogP contribution < -0.4 is 10.6 Å². The molecule has 0 spiro atoms. The van der Waals surface area contributed by atoms with Crippen LogP contribution in [0.2, 0.25) is 5.28 Å². The second-order valence-electron chi connectivity index (χ2n) is 5.37. The summed E-state index contributed by atoms with van der Waals surface area (Å²) in [5, 5.41) is 0.171. The van der Waals surface area contributed by atoms with Gasteiger partial charge >= 0.3 is 0 Å². The molecule has 0 bridgehead atoms. The largest absolute Gasteiger partial charge is 0.368 e. The zero-order valence-corrected chi connectivity index (χ0v) is 14.1. The average Bonchev–Trinajstić information content (AvgIpc) is 2.44. The van der Waals surface area contributed by atoms with Gasteiger partial charge in [0.1, 0.15) is 0 Å². The Labute approximate surface area is 133 Å². The fourth-order valence-electron chi connectivity index (χ4n) is 2.27. The number of rotatable bonds is 11. The molecule has 0 aliphatic carbocycles. The van der Waals surface area contributed by atoms with Crippen LogP contribution in [-0.2, 0) is 0 Å². The van der Waals surface area contributed by atoms with E-state index in [-0.39, 0.29) is 11.2 Å². The van der Waals surface area contributed by atoms with E-state index in [4.69, 9.17) is 17.3 Å². The van der Waals surface area contributed by atoms with Gasteiger partial charge < -0.3 is 10.6 Å². The Kier molecular flexibility index (Phi) is 9.06. The van der Waals surface area contributed by atoms with Gasteiger partial charge in [-0.1, -0.05) is 52.4 Å². The van der Waals surface area contributed by atoms with E-state index in [0.717, 1.165) is 25.9 Å². The fourth-order valence-corrected chi connectivity index (χ4v) is 2.43. The van der Waals surface area contributed by atoms with Crippen LogP contribution in [0, 0.1) is 0 Å². The maximum Gasteiger partial charge on any atom is 0.231 e. The van der Waals surface area contributed by atoms with Crippen molar-refractivity contribution in [3.8, 4) is 0 Å². The maximum absolute atomic E-state index is 5.89. The average molecular weight is 314 g/mol. The molecule has 0 aromatic carbocycles. The standard InChI is InChI=1S/C15H28ClN5/c1-3-5-7-9-11-21(12-10-8-6-4-2)15-19-13(16)18-14(17)20-15/h3-12H2,1-2H3,(H2,17,18,19,20). The van der Waals surface area contributed by atoms with E-state index in [1.165, 1.54) is 38.5 Å². The lowest BCUT2D eigenvalue weighted by Gasteiger charge is -2.22. The summed E-state index contributed by atoms with van der Waals surface area (Å²) in [6.45, 7) is 6.34. The van der Waals surface area contributed by atoms with Crippen molar-refractivity contribution >= 4 is 23.5 Å². The van der Waals surface area contributed by atoms with Gasteiger partial charge in [0.05, 0.1) is 0 Å². The number of hydrogen-bond acceptors (Lipinski definition) is 5. The summed E-state index contributed by atoms with van der Waals surface area (Å²) in [6.07, 6.45) is 9.76. The Morgan fingerprint density at radius 2 is 1.43 bits per heavy atom. The number of nitrogens with zero attached hydrogens (tertiary/aromatic N) is 4. The van der Waals surface area contributed by atoms with Crippen LogP contribution in [-0.4, -0.2) is 28.0 Å². The number of halogens is 1. The first-order chi connectivity index (χ1) is 10.2. The minimum absolute atomic E-state index is 0.171. The predicted molar refractivity (Wildman–Crippen MR) is 89.7 cm³/mol. The summed E-state index contributed by atoms with van der Waals surface area (Å²) in [5.74, 6) is 0.803. The SMILES string of the molecule is CCCCCCN(CCCCCC)c1nc(N)nc(Cl)n1. The fraction of sp³-hybridized carbons (Fsp3) is 0.800. The lowest BCUT2D eigenvalue weighted by atomic mass is 10.2. The molecule has 0 saturated heterocycles. The highest BCUT2D eigenvalue weighted by Gasteiger charge is 2.11. The van der Waals surface area contributed by atoms with Crippen LogP contribution in [0.3, 0.4) is 0 Å². The number of hydrogen-bond donors (Lipinski definition) is 1. The molecule has 1 aromatic rings. The second kappa shape index (κ2) is 10.6. The second-order valence-corrected chi connectivity index (χ2v) is 5.71. The van der Waals surface area contributed by atoms with Gasteiger partial charge in [-0.3, -0.25) is 0 Å². The van der Waals surface area contributed by atoms with E-state index in [2.05, 4.69) is 33.7 Å². The number of anilines is 2. The summed E-state index contributed by atoms with van der Waals surface area (Å²) in [5.41, 5.74) is 5.68. The van der Waals surface area contributed by atoms with Crippen molar-refractivity contribution < 1.29 is 0 Å². The zero-order chi connectivity index (χ0) is 15.5. The smallest absolute Gasteiger partial charge is 0.231 e. The van der Waals surface area contributed by atoms with Crippen molar-refractivity contribution in [1.29, 1.82) is 0 Å². The van der Waals surface area contributed by atoms with Crippen molar-refractivity contribution in [1.82, 2.24) is 15.0 Å². The third-order valence-electron chi connectivity index (χ3n) is 3.46. The number of aromatic nitrogens is 3. The third-order valence-corrected chi connectivity index (χ3v) is 3.63. The van der Waals surface area contributed by atoms with Gasteiger partial charge in [-0.15, -0.1) is 0 Å². The molecular weight excluding hydrogens is 286 g/mol. The molecule has 0 atom stereocenters. The summed E-state index contributed by atoms with van der Waals surface area (Å²) < 4.78 is 0. The minimum atomic E-state index is 0.171. The lowest BCUT2D eigenvalue weighted by molar-refractivity contribution is 0.601. The topological polar surface area (TPSA) is 67.9 Å². The van der Waals surface area contributed by atoms with Crippen LogP contribution in [0.15, 0.2) is 0 Å². The van der Waals surface area contributed by atoms with Crippen molar-refractivity contribution in [3.05, 3.63) is 5.28 Å². The van der Waals surface area contributed by atoms with E-state index in [1.54, 1.807) is 0 Å². The van der Waals surface area contributed by atoms with Crippen LogP contribution in [0.25, 0.3) is 0 Å². The monoisotopic (exact) mass is 313 g/mol. The Bertz CT molecular complexity index is 367. The van der Waals surface area contributed by atoms with Gasteiger partial charge in [-0.25, -0.2) is 0 Å². The first-order valence-electron chi connectivity index (χ1n) is 8.09. The van der Waals surface area contributed by atoms with Crippen molar-refractivity contribution in [2.75, 3.05) is 23.7 Å². The van der Waals surface area contributed by atoms with E-state index in [0.29, 0.717) is 5.95 Å². The summed E-state index contributed by atoms with van der Waals surface area (Å²) >= 11 is 5.89. The molecule has 0 amide bonds. The van der Waals surface area contributed by atoms with Gasteiger partial charge in [0, 0.05) is 13.1 Å². The summed E-state index contributed by atoms with van der Waals surface area (Å²) in [4.78, 5) is 14.5. The molecule has 5 nitrogen and oxygen atoms in total. The molecule has 0 saturated carbocycles. The Morgan fingerprint density at radius 3 is 1.90 bits per heavy atom. The first-order valence-corrected chi connectivity index (χ1v) is 8.47. The van der Waals surface area contributed by atoms with E-state index >= 15 is 0 Å². The van der Waals surface area contributed by atoms with Gasteiger partial charge in [0.25, 0.3) is 0 Å². The van der Waals surface area contributed by atoms with Crippen LogP contribution in [0.1, 0.15) is 65.2 Å². The van der Waals surface area contributed by atoms with Gasteiger partial charge in [0.15, 0.2) is 0 Å². The lowest BCUT2D eigenvalue weighted by Crippen LogP contribution is -2.28. The molecule has 1 rings (SSSR count). The maximum atomic E-state index is 5.89. The van der Waals surface area contributed by atoms with E-state index in [9.17, 15) is 0 Å². The molecule has 0 aliphatic rings. The quantitative estimate of drug-likeness (QED) is 0.624. The molecule has 0 unspecified atom stereocenters. The molecule has 1 heterocycles. The molecule has 2 N–H and O–H groups in total. The number of nitrogens with two attached hydrogens (primary N) is 1. The van der Waals surface area contributed by atoms with Crippen molar-refractivity contribution in [2.24, 2.45) is 0 Å². The van der Waals surface area contributed by atoms with Crippen LogP contribution >= 0.6 is 11.6 Å². The molecular formula is C15H28ClN5. The molecule has 0 fully saturated rings. The molecule has 6 heteroatoms. The molecule has 21 heavy (non-hydrogen) atoms.